The summed E-state index contributed by atoms with van der Waals surface area (Å²) in [5, 5.41) is 3.78. The monoisotopic (exact) mass is 235 g/mol. The molecule has 1 aromatic heterocycles. The SMILES string of the molecule is CC.Cc1cc(C(=O)NCC(F)F)cs1. The van der Waals surface area contributed by atoms with E-state index in [1.807, 2.05) is 20.8 Å². The fraction of sp³-hybridized carbons (Fsp3) is 0.500. The molecule has 0 atom stereocenters. The molecule has 0 bridgehead atoms. The number of hydrogen-bond donors (Lipinski definition) is 1. The van der Waals surface area contributed by atoms with Gasteiger partial charge in [0.25, 0.3) is 12.3 Å². The van der Waals surface area contributed by atoms with Crippen LogP contribution in [-0.4, -0.2) is 18.9 Å². The summed E-state index contributed by atoms with van der Waals surface area (Å²) in [6, 6.07) is 1.67. The number of rotatable bonds is 3. The fourth-order valence-electron chi connectivity index (χ4n) is 0.834. The zero-order chi connectivity index (χ0) is 11.8. The average Bonchev–Trinajstić information content (AvgIpc) is 2.64. The van der Waals surface area contributed by atoms with Gasteiger partial charge in [-0.05, 0) is 13.0 Å². The van der Waals surface area contributed by atoms with Crippen LogP contribution in [0.15, 0.2) is 11.4 Å². The molecule has 0 saturated carbocycles. The number of thiophene rings is 1. The zero-order valence-corrected chi connectivity index (χ0v) is 9.83. The van der Waals surface area contributed by atoms with Gasteiger partial charge in [0.2, 0.25) is 0 Å². The third kappa shape index (κ3) is 5.47. The summed E-state index contributed by atoms with van der Waals surface area (Å²) in [6.07, 6.45) is -2.50. The number of carbonyl (C=O) groups excluding carboxylic acids is 1. The van der Waals surface area contributed by atoms with Gasteiger partial charge in [-0.25, -0.2) is 8.78 Å². The van der Waals surface area contributed by atoms with E-state index in [2.05, 4.69) is 5.32 Å². The highest BCUT2D eigenvalue weighted by atomic mass is 32.1. The topological polar surface area (TPSA) is 29.1 Å². The van der Waals surface area contributed by atoms with Gasteiger partial charge in [0.05, 0.1) is 12.1 Å². The van der Waals surface area contributed by atoms with Crippen molar-refractivity contribution in [1.29, 1.82) is 0 Å². The Kier molecular flexibility index (Phi) is 6.86. The van der Waals surface area contributed by atoms with E-state index in [0.717, 1.165) is 4.88 Å². The van der Waals surface area contributed by atoms with Crippen molar-refractivity contribution < 1.29 is 13.6 Å². The van der Waals surface area contributed by atoms with Crippen molar-refractivity contribution in [2.24, 2.45) is 0 Å². The summed E-state index contributed by atoms with van der Waals surface area (Å²) in [4.78, 5) is 12.1. The lowest BCUT2D eigenvalue weighted by Crippen LogP contribution is -2.27. The van der Waals surface area contributed by atoms with Crippen LogP contribution in [0.2, 0.25) is 0 Å². The molecule has 1 rings (SSSR count). The lowest BCUT2D eigenvalue weighted by molar-refractivity contribution is 0.0892. The van der Waals surface area contributed by atoms with E-state index in [0.29, 0.717) is 5.56 Å². The van der Waals surface area contributed by atoms with Gasteiger partial charge < -0.3 is 5.32 Å². The van der Waals surface area contributed by atoms with Gasteiger partial charge in [0.15, 0.2) is 0 Å². The van der Waals surface area contributed by atoms with Crippen molar-refractivity contribution in [2.45, 2.75) is 27.2 Å². The molecular formula is C10H15F2NOS. The van der Waals surface area contributed by atoms with Crippen LogP contribution < -0.4 is 5.32 Å². The van der Waals surface area contributed by atoms with E-state index in [9.17, 15) is 13.6 Å². The molecule has 1 heterocycles. The molecule has 86 valence electrons. The van der Waals surface area contributed by atoms with Crippen LogP contribution in [0.3, 0.4) is 0 Å². The van der Waals surface area contributed by atoms with Crippen LogP contribution in [0, 0.1) is 6.92 Å². The van der Waals surface area contributed by atoms with Crippen molar-refractivity contribution in [3.8, 4) is 0 Å². The van der Waals surface area contributed by atoms with Gasteiger partial charge in [-0.15, -0.1) is 11.3 Å². The quantitative estimate of drug-likeness (QED) is 0.857. The van der Waals surface area contributed by atoms with Gasteiger partial charge in [-0.2, -0.15) is 0 Å². The first kappa shape index (κ1) is 14.0. The Bertz CT molecular complexity index is 299. The van der Waals surface area contributed by atoms with Crippen molar-refractivity contribution in [3.05, 3.63) is 21.9 Å². The van der Waals surface area contributed by atoms with Gasteiger partial charge in [0, 0.05) is 10.3 Å². The lowest BCUT2D eigenvalue weighted by atomic mass is 10.3. The van der Waals surface area contributed by atoms with Crippen molar-refractivity contribution in [3.63, 3.8) is 0 Å². The molecule has 0 radical (unpaired) electrons. The minimum atomic E-state index is -2.50. The van der Waals surface area contributed by atoms with Crippen LogP contribution in [0.1, 0.15) is 29.1 Å². The van der Waals surface area contributed by atoms with Crippen molar-refractivity contribution >= 4 is 17.2 Å². The van der Waals surface area contributed by atoms with Gasteiger partial charge in [-0.1, -0.05) is 13.8 Å². The van der Waals surface area contributed by atoms with E-state index in [-0.39, 0.29) is 0 Å². The summed E-state index contributed by atoms with van der Waals surface area (Å²) in [5.74, 6) is -0.440. The summed E-state index contributed by atoms with van der Waals surface area (Å²) < 4.78 is 23.4. The predicted octanol–water partition coefficient (Wildman–Crippen LogP) is 3.08. The van der Waals surface area contributed by atoms with Gasteiger partial charge >= 0.3 is 0 Å². The number of aryl methyl sites for hydroxylation is 1. The standard InChI is InChI=1S/C8H9F2NOS.C2H6/c1-5-2-6(4-13-5)8(12)11-3-7(9)10;1-2/h2,4,7H,3H2,1H3,(H,11,12);1-2H3. The Balaban J connectivity index is 0.000000921. The fourth-order valence-corrected chi connectivity index (χ4v) is 1.52. The molecule has 15 heavy (non-hydrogen) atoms. The highest BCUT2D eigenvalue weighted by molar-refractivity contribution is 7.10. The number of hydrogen-bond acceptors (Lipinski definition) is 2. The molecule has 0 saturated heterocycles. The van der Waals surface area contributed by atoms with E-state index in [4.69, 9.17) is 0 Å². The minimum Gasteiger partial charge on any atom is -0.346 e. The molecule has 1 N–H and O–H groups in total. The van der Waals surface area contributed by atoms with Gasteiger partial charge in [0.1, 0.15) is 0 Å². The molecule has 1 amide bonds. The summed E-state index contributed by atoms with van der Waals surface area (Å²) >= 11 is 1.42. The largest absolute Gasteiger partial charge is 0.346 e. The number of carbonyl (C=O) groups is 1. The molecule has 2 nitrogen and oxygen atoms in total. The molecule has 0 aliphatic rings. The van der Waals surface area contributed by atoms with E-state index >= 15 is 0 Å². The van der Waals surface area contributed by atoms with Crippen molar-refractivity contribution in [1.82, 2.24) is 5.32 Å². The third-order valence-electron chi connectivity index (χ3n) is 1.41. The molecule has 5 heteroatoms. The van der Waals surface area contributed by atoms with Crippen LogP contribution in [0.25, 0.3) is 0 Å². The maximum atomic E-state index is 11.7. The predicted molar refractivity (Wildman–Crippen MR) is 58.7 cm³/mol. The van der Waals surface area contributed by atoms with Crippen LogP contribution in [-0.2, 0) is 0 Å². The minimum absolute atomic E-state index is 0.440. The molecule has 0 aromatic carbocycles. The van der Waals surface area contributed by atoms with Gasteiger partial charge in [-0.3, -0.25) is 4.79 Å². The van der Waals surface area contributed by atoms with Crippen LogP contribution in [0.5, 0.6) is 0 Å². The Morgan fingerprint density at radius 2 is 2.13 bits per heavy atom. The first-order chi connectivity index (χ1) is 7.09. The van der Waals surface area contributed by atoms with Crippen LogP contribution in [0.4, 0.5) is 8.78 Å². The molecular weight excluding hydrogens is 220 g/mol. The highest BCUT2D eigenvalue weighted by Gasteiger charge is 2.09. The molecule has 0 aliphatic heterocycles. The first-order valence-corrected chi connectivity index (χ1v) is 5.59. The third-order valence-corrected chi connectivity index (χ3v) is 2.27. The Morgan fingerprint density at radius 1 is 1.53 bits per heavy atom. The lowest BCUT2D eigenvalue weighted by Gasteiger charge is -2.01. The number of halogens is 2. The Morgan fingerprint density at radius 3 is 2.53 bits per heavy atom. The summed E-state index contributed by atoms with van der Waals surface area (Å²) in [7, 11) is 0. The maximum absolute atomic E-state index is 11.7. The Labute approximate surface area is 92.3 Å². The molecule has 0 aliphatic carbocycles. The maximum Gasteiger partial charge on any atom is 0.255 e. The molecule has 0 unspecified atom stereocenters. The summed E-state index contributed by atoms with van der Waals surface area (Å²) in [6.45, 7) is 5.27. The van der Waals surface area contributed by atoms with Crippen molar-refractivity contribution in [2.75, 3.05) is 6.54 Å². The smallest absolute Gasteiger partial charge is 0.255 e. The second-order valence-electron chi connectivity index (χ2n) is 2.55. The number of nitrogens with one attached hydrogen (secondary N) is 1. The number of alkyl halides is 2. The van der Waals surface area contributed by atoms with E-state index in [1.54, 1.807) is 11.4 Å². The van der Waals surface area contributed by atoms with E-state index < -0.39 is 18.9 Å². The second kappa shape index (κ2) is 7.34. The summed E-state index contributed by atoms with van der Waals surface area (Å²) in [5.41, 5.74) is 0.447. The zero-order valence-electron chi connectivity index (χ0n) is 9.01. The molecule has 1 aromatic rings. The average molecular weight is 235 g/mol. The normalized spacial score (nSPS) is 9.47. The molecule has 0 fully saturated rings. The first-order valence-electron chi connectivity index (χ1n) is 4.71. The molecule has 0 spiro atoms. The Hall–Kier alpha value is -0.970. The van der Waals surface area contributed by atoms with Crippen LogP contribution >= 0.6 is 11.3 Å². The second-order valence-corrected chi connectivity index (χ2v) is 3.66. The van der Waals surface area contributed by atoms with E-state index in [1.165, 1.54) is 11.3 Å². The highest BCUT2D eigenvalue weighted by Crippen LogP contribution is 2.12. The number of amides is 1.